The number of benzene rings is 2. The average molecular weight is 283 g/mol. The van der Waals surface area contributed by atoms with Crippen LogP contribution in [-0.4, -0.2) is 20.3 Å². The monoisotopic (exact) mass is 283 g/mol. The van der Waals surface area contributed by atoms with Crippen molar-refractivity contribution in [3.05, 3.63) is 47.5 Å². The van der Waals surface area contributed by atoms with E-state index in [0.717, 1.165) is 38.9 Å². The summed E-state index contributed by atoms with van der Waals surface area (Å²) in [6.07, 6.45) is 0.887. The second-order valence-electron chi connectivity index (χ2n) is 5.16. The second-order valence-corrected chi connectivity index (χ2v) is 8.48. The van der Waals surface area contributed by atoms with Crippen LogP contribution in [0.4, 0.5) is 0 Å². The number of fused-ring (bicyclic) bond motifs is 1. The molecule has 1 N–H and O–H groups in total. The third-order valence-electron chi connectivity index (χ3n) is 3.94. The van der Waals surface area contributed by atoms with Crippen LogP contribution in [0.25, 0.3) is 10.8 Å². The zero-order chi connectivity index (χ0) is 14.5. The number of rotatable bonds is 5. The fourth-order valence-corrected chi connectivity index (χ4v) is 4.13. The van der Waals surface area contributed by atoms with Crippen LogP contribution in [0.5, 0.6) is 0 Å². The summed E-state index contributed by atoms with van der Waals surface area (Å²) in [5.41, 5.74) is 2.02. The van der Waals surface area contributed by atoms with Crippen LogP contribution in [0.1, 0.15) is 36.7 Å². The molecule has 0 spiro atoms. The maximum atomic E-state index is 12.7. The van der Waals surface area contributed by atoms with E-state index in [1.165, 1.54) is 0 Å². The Kier molecular flexibility index (Phi) is 5.23. The molecule has 2 rings (SSSR count). The van der Waals surface area contributed by atoms with Crippen molar-refractivity contribution in [2.45, 2.75) is 37.8 Å². The van der Waals surface area contributed by atoms with Gasteiger partial charge in [0.05, 0.1) is 0 Å². The molecule has 1 amide bonds. The minimum absolute atomic E-state index is 0.124. The first-order valence-electron chi connectivity index (χ1n) is 7.52. The van der Waals surface area contributed by atoms with Crippen molar-refractivity contribution in [2.24, 2.45) is 0 Å². The van der Waals surface area contributed by atoms with E-state index in [4.69, 9.17) is 0 Å². The van der Waals surface area contributed by atoms with Crippen LogP contribution >= 0.6 is 0 Å². The van der Waals surface area contributed by atoms with Crippen molar-refractivity contribution in [1.82, 2.24) is 4.30 Å². The summed E-state index contributed by atoms with van der Waals surface area (Å²) in [6.45, 7) is 6.45. The first kappa shape index (κ1) is 15.1. The van der Waals surface area contributed by atoms with Gasteiger partial charge in [0.15, 0.2) is 0 Å². The Labute approximate surface area is 125 Å². The summed E-state index contributed by atoms with van der Waals surface area (Å²) in [7, 11) is 0. The molecule has 2 aromatic carbocycles. The predicted octanol–water partition coefficient (Wildman–Crippen LogP) is 4.16. The van der Waals surface area contributed by atoms with Gasteiger partial charge in [0.1, 0.15) is 0 Å². The lowest BCUT2D eigenvalue weighted by atomic mass is 9.97. The lowest BCUT2D eigenvalue weighted by Gasteiger charge is -2.15. The Balaban J connectivity index is 2.48. The van der Waals surface area contributed by atoms with Gasteiger partial charge < -0.3 is 4.30 Å². The largest absolute Gasteiger partial charge is 0.442 e. The van der Waals surface area contributed by atoms with Gasteiger partial charge >= 0.3 is 14.4 Å². The molecule has 0 fully saturated rings. The fraction of sp³-hybridized carbons (Fsp3) is 0.353. The van der Waals surface area contributed by atoms with E-state index in [9.17, 15) is 4.79 Å². The second kappa shape index (κ2) is 6.93. The molecule has 0 aliphatic carbocycles. The van der Waals surface area contributed by atoms with E-state index in [2.05, 4.69) is 49.3 Å². The number of nitrogens with one attached hydrogen (secondary N) is 1. The average Bonchev–Trinajstić information content (AvgIpc) is 2.51. The van der Waals surface area contributed by atoms with Gasteiger partial charge in [-0.25, -0.2) is 0 Å². The summed E-state index contributed by atoms with van der Waals surface area (Å²) in [5, 5.41) is 4.42. The van der Waals surface area contributed by atoms with E-state index in [1.807, 2.05) is 12.1 Å². The quantitative estimate of drug-likeness (QED) is 0.820. The minimum Gasteiger partial charge on any atom is -0.442 e. The van der Waals surface area contributed by atoms with Crippen molar-refractivity contribution in [3.63, 3.8) is 0 Å². The van der Waals surface area contributed by atoms with Gasteiger partial charge in [-0.05, 0) is 22.8 Å². The van der Waals surface area contributed by atoms with E-state index >= 15 is 0 Å². The molecule has 0 radical (unpaired) electrons. The molecule has 0 atom stereocenters. The topological polar surface area (TPSA) is 29.1 Å². The molecule has 0 bridgehead atoms. The molecule has 0 aliphatic rings. The summed E-state index contributed by atoms with van der Waals surface area (Å²) in [4.78, 5) is 12.7. The van der Waals surface area contributed by atoms with Gasteiger partial charge in [-0.3, -0.25) is 4.79 Å². The molecule has 2 nitrogen and oxygen atoms in total. The van der Waals surface area contributed by atoms with E-state index in [-0.39, 0.29) is 5.91 Å². The van der Waals surface area contributed by atoms with Crippen LogP contribution < -0.4 is 4.30 Å². The molecule has 0 aliphatic heterocycles. The molecular formula is C17H22AlNO. The third kappa shape index (κ3) is 3.06. The van der Waals surface area contributed by atoms with Crippen LogP contribution in [0, 0.1) is 0 Å². The third-order valence-corrected chi connectivity index (χ3v) is 6.59. The molecule has 104 valence electrons. The zero-order valence-electron chi connectivity index (χ0n) is 12.6. The van der Waals surface area contributed by atoms with Crippen LogP contribution in [0.15, 0.2) is 36.4 Å². The Morgan fingerprint density at radius 1 is 1.05 bits per heavy atom. The van der Waals surface area contributed by atoms with Crippen molar-refractivity contribution in [3.8, 4) is 0 Å². The van der Waals surface area contributed by atoms with E-state index < -0.39 is 14.4 Å². The first-order chi connectivity index (χ1) is 9.71. The summed E-state index contributed by atoms with van der Waals surface area (Å²) < 4.78 is 3.30. The molecule has 3 heteroatoms. The smallest absolute Gasteiger partial charge is 0.413 e. The lowest BCUT2D eigenvalue weighted by molar-refractivity contribution is 0.0979. The number of amides is 1. The van der Waals surface area contributed by atoms with E-state index in [0.29, 0.717) is 0 Å². The standard InChI is InChI=1S/C13H13NO.2C2H5.Al/c1-2-9-7-8-10-5-3-4-6-11(10)12(9)13(14)15;2*1-2;/h3-8H,2H2,1H3,(H2,14,15);2*1H2,2H3;/q;;;+1/p-1. The van der Waals surface area contributed by atoms with Gasteiger partial charge in [-0.1, -0.05) is 67.7 Å². The molecule has 0 saturated heterocycles. The minimum atomic E-state index is -1.13. The molecule has 0 heterocycles. The Morgan fingerprint density at radius 2 is 1.75 bits per heavy atom. The van der Waals surface area contributed by atoms with Crippen molar-refractivity contribution in [2.75, 3.05) is 0 Å². The van der Waals surface area contributed by atoms with Crippen molar-refractivity contribution < 1.29 is 4.79 Å². The van der Waals surface area contributed by atoms with Gasteiger partial charge in [-0.2, -0.15) is 0 Å². The zero-order valence-corrected chi connectivity index (χ0v) is 13.7. The van der Waals surface area contributed by atoms with Gasteiger partial charge in [0.2, 0.25) is 5.91 Å². The predicted molar refractivity (Wildman–Crippen MR) is 87.5 cm³/mol. The van der Waals surface area contributed by atoms with Gasteiger partial charge in [-0.15, -0.1) is 0 Å². The highest BCUT2D eigenvalue weighted by Crippen LogP contribution is 2.23. The van der Waals surface area contributed by atoms with E-state index in [1.54, 1.807) is 0 Å². The highest BCUT2D eigenvalue weighted by molar-refractivity contribution is 6.59. The summed E-state index contributed by atoms with van der Waals surface area (Å²) >= 11 is -1.13. The normalized spacial score (nSPS) is 10.6. The van der Waals surface area contributed by atoms with Gasteiger partial charge in [0, 0.05) is 5.56 Å². The Hall–Kier alpha value is -1.30. The number of hydrogen-bond acceptors (Lipinski definition) is 1. The molecule has 2 aromatic rings. The molecular weight excluding hydrogens is 261 g/mol. The molecule has 0 aromatic heterocycles. The Bertz CT molecular complexity index is 605. The van der Waals surface area contributed by atoms with Crippen molar-refractivity contribution in [1.29, 1.82) is 0 Å². The molecule has 20 heavy (non-hydrogen) atoms. The number of carbonyl (C=O) groups excluding carboxylic acids is 1. The molecule has 0 unspecified atom stereocenters. The Morgan fingerprint density at radius 3 is 2.40 bits per heavy atom. The van der Waals surface area contributed by atoms with Crippen LogP contribution in [0.3, 0.4) is 0 Å². The highest BCUT2D eigenvalue weighted by atomic mass is 27.2. The first-order valence-corrected chi connectivity index (χ1v) is 9.73. The number of aryl methyl sites for hydroxylation is 1. The summed E-state index contributed by atoms with van der Waals surface area (Å²) in [5.74, 6) is 0.124. The van der Waals surface area contributed by atoms with Crippen molar-refractivity contribution >= 4 is 31.0 Å². The number of carbonyl (C=O) groups is 1. The maximum Gasteiger partial charge on any atom is 0.413 e. The highest BCUT2D eigenvalue weighted by Gasteiger charge is 2.20. The van der Waals surface area contributed by atoms with Crippen LogP contribution in [-0.2, 0) is 6.42 Å². The van der Waals surface area contributed by atoms with Crippen LogP contribution in [0.2, 0.25) is 10.6 Å². The number of hydrogen-bond donors (Lipinski definition) is 1. The fourth-order valence-electron chi connectivity index (χ4n) is 2.63. The summed E-state index contributed by atoms with van der Waals surface area (Å²) in [6, 6.07) is 12.3. The SMILES string of the molecule is CCc1ccc2ccccc2c1C(=O)[NH][Al]([CH2]C)[CH2]C. The van der Waals surface area contributed by atoms with Gasteiger partial charge in [0.25, 0.3) is 0 Å². The lowest BCUT2D eigenvalue weighted by Crippen LogP contribution is -2.38. The molecule has 0 saturated carbocycles. The maximum absolute atomic E-state index is 12.7.